The standard InChI is InChI=1S/C15H21N3/c1-5-11(3)17-15(6-2)18-12(4)13-7-9-14(16)10-8-13/h5-10,12,18H,1,16H2,2-4H3/b15-6+,17-11-. The molecule has 1 rings (SSSR count). The number of allylic oxidation sites excluding steroid dienone is 2. The zero-order valence-corrected chi connectivity index (χ0v) is 11.3. The Morgan fingerprint density at radius 2 is 2.00 bits per heavy atom. The van der Waals surface area contributed by atoms with Crippen LogP contribution in [0.3, 0.4) is 0 Å². The maximum absolute atomic E-state index is 5.67. The van der Waals surface area contributed by atoms with Crippen molar-refractivity contribution in [1.29, 1.82) is 0 Å². The van der Waals surface area contributed by atoms with E-state index < -0.39 is 0 Å². The highest BCUT2D eigenvalue weighted by atomic mass is 15.1. The van der Waals surface area contributed by atoms with Crippen molar-refractivity contribution in [2.75, 3.05) is 5.73 Å². The van der Waals surface area contributed by atoms with Crippen molar-refractivity contribution in [1.82, 2.24) is 5.32 Å². The molecule has 0 saturated heterocycles. The minimum Gasteiger partial charge on any atom is -0.399 e. The van der Waals surface area contributed by atoms with E-state index >= 15 is 0 Å². The van der Waals surface area contributed by atoms with E-state index in [0.717, 1.165) is 17.2 Å². The van der Waals surface area contributed by atoms with Crippen LogP contribution >= 0.6 is 0 Å². The number of nitrogens with zero attached hydrogens (tertiary/aromatic N) is 1. The second-order valence-corrected chi connectivity index (χ2v) is 4.16. The molecule has 0 spiro atoms. The maximum atomic E-state index is 5.67. The number of hydrogen-bond acceptors (Lipinski definition) is 3. The Hall–Kier alpha value is -2.03. The number of benzene rings is 1. The molecular formula is C15H21N3. The van der Waals surface area contributed by atoms with Crippen LogP contribution in [0.2, 0.25) is 0 Å². The molecule has 1 unspecified atom stereocenters. The first kappa shape index (κ1) is 14.0. The van der Waals surface area contributed by atoms with Gasteiger partial charge in [-0.15, -0.1) is 0 Å². The summed E-state index contributed by atoms with van der Waals surface area (Å²) in [5, 5.41) is 3.35. The fourth-order valence-electron chi connectivity index (χ4n) is 1.51. The van der Waals surface area contributed by atoms with Gasteiger partial charge in [-0.25, -0.2) is 4.99 Å². The topological polar surface area (TPSA) is 50.4 Å². The van der Waals surface area contributed by atoms with Crippen molar-refractivity contribution in [3.05, 3.63) is 54.4 Å². The number of rotatable bonds is 5. The molecule has 3 N–H and O–H groups in total. The first-order valence-corrected chi connectivity index (χ1v) is 6.02. The Morgan fingerprint density at radius 1 is 1.39 bits per heavy atom. The van der Waals surface area contributed by atoms with Crippen molar-refractivity contribution in [2.24, 2.45) is 4.99 Å². The molecule has 1 atom stereocenters. The number of nitrogens with one attached hydrogen (secondary N) is 1. The Bertz CT molecular complexity index is 455. The van der Waals surface area contributed by atoms with Gasteiger partial charge in [-0.1, -0.05) is 18.7 Å². The summed E-state index contributed by atoms with van der Waals surface area (Å²) in [5.74, 6) is 0.844. The Kier molecular flexibility index (Phi) is 5.18. The molecule has 3 heteroatoms. The van der Waals surface area contributed by atoms with E-state index in [1.165, 1.54) is 5.56 Å². The predicted molar refractivity (Wildman–Crippen MR) is 79.5 cm³/mol. The lowest BCUT2D eigenvalue weighted by atomic mass is 10.1. The van der Waals surface area contributed by atoms with Gasteiger partial charge in [-0.3, -0.25) is 0 Å². The average Bonchev–Trinajstić information content (AvgIpc) is 2.38. The monoisotopic (exact) mass is 243 g/mol. The first-order chi connectivity index (χ1) is 8.56. The van der Waals surface area contributed by atoms with Crippen molar-refractivity contribution in [2.45, 2.75) is 26.8 Å². The molecule has 0 heterocycles. The van der Waals surface area contributed by atoms with Crippen LogP contribution in [0.25, 0.3) is 0 Å². The van der Waals surface area contributed by atoms with Crippen molar-refractivity contribution in [3.8, 4) is 0 Å². The molecule has 0 aromatic heterocycles. The lowest BCUT2D eigenvalue weighted by Crippen LogP contribution is -2.17. The van der Waals surface area contributed by atoms with Crippen LogP contribution in [-0.2, 0) is 0 Å². The van der Waals surface area contributed by atoms with Crippen LogP contribution in [0.4, 0.5) is 5.69 Å². The average molecular weight is 243 g/mol. The van der Waals surface area contributed by atoms with Crippen LogP contribution < -0.4 is 11.1 Å². The molecule has 0 fully saturated rings. The molecule has 1 aromatic rings. The van der Waals surface area contributed by atoms with Gasteiger partial charge in [0.2, 0.25) is 0 Å². The Balaban J connectivity index is 2.77. The molecule has 0 radical (unpaired) electrons. The summed E-state index contributed by atoms with van der Waals surface area (Å²) < 4.78 is 0. The van der Waals surface area contributed by atoms with E-state index in [1.54, 1.807) is 6.08 Å². The SMILES string of the molecule is C=C/C(C)=N\C(=C/C)NC(C)c1ccc(N)cc1. The zero-order valence-electron chi connectivity index (χ0n) is 11.3. The number of aliphatic imine (C=N–C) groups is 1. The predicted octanol–water partition coefficient (Wildman–Crippen LogP) is 3.43. The van der Waals surface area contributed by atoms with E-state index in [4.69, 9.17) is 5.73 Å². The molecule has 1 aromatic carbocycles. The lowest BCUT2D eigenvalue weighted by Gasteiger charge is -2.16. The van der Waals surface area contributed by atoms with Gasteiger partial charge in [0, 0.05) is 17.4 Å². The molecule has 3 nitrogen and oxygen atoms in total. The van der Waals surface area contributed by atoms with Crippen molar-refractivity contribution < 1.29 is 0 Å². The number of nitrogens with two attached hydrogens (primary N) is 1. The molecule has 0 aliphatic heterocycles. The summed E-state index contributed by atoms with van der Waals surface area (Å²) in [7, 11) is 0. The van der Waals surface area contributed by atoms with Gasteiger partial charge in [0.1, 0.15) is 5.82 Å². The Labute approximate surface area is 109 Å². The summed E-state index contributed by atoms with van der Waals surface area (Å²) in [6, 6.07) is 8.02. The molecule has 18 heavy (non-hydrogen) atoms. The highest BCUT2D eigenvalue weighted by molar-refractivity contribution is 5.92. The largest absolute Gasteiger partial charge is 0.399 e. The molecular weight excluding hydrogens is 222 g/mol. The highest BCUT2D eigenvalue weighted by Gasteiger charge is 2.05. The van der Waals surface area contributed by atoms with Gasteiger partial charge in [-0.2, -0.15) is 0 Å². The first-order valence-electron chi connectivity index (χ1n) is 6.02. The molecule has 0 bridgehead atoms. The molecule has 0 aliphatic carbocycles. The van der Waals surface area contributed by atoms with Crippen molar-refractivity contribution in [3.63, 3.8) is 0 Å². The number of hydrogen-bond donors (Lipinski definition) is 2. The third-order valence-electron chi connectivity index (χ3n) is 2.67. The van der Waals surface area contributed by atoms with E-state index in [-0.39, 0.29) is 6.04 Å². The number of anilines is 1. The minimum absolute atomic E-state index is 0.179. The van der Waals surface area contributed by atoms with E-state index in [9.17, 15) is 0 Å². The molecule has 0 saturated carbocycles. The number of nitrogen functional groups attached to an aromatic ring is 1. The zero-order chi connectivity index (χ0) is 13.5. The molecule has 0 amide bonds. The normalized spacial score (nSPS) is 14.2. The van der Waals surface area contributed by atoms with Gasteiger partial charge < -0.3 is 11.1 Å². The maximum Gasteiger partial charge on any atom is 0.122 e. The van der Waals surface area contributed by atoms with Gasteiger partial charge in [0.25, 0.3) is 0 Å². The summed E-state index contributed by atoms with van der Waals surface area (Å²) in [6.45, 7) is 9.67. The summed E-state index contributed by atoms with van der Waals surface area (Å²) in [6.07, 6.45) is 3.68. The third-order valence-corrected chi connectivity index (χ3v) is 2.67. The lowest BCUT2D eigenvalue weighted by molar-refractivity contribution is 0.647. The minimum atomic E-state index is 0.179. The van der Waals surface area contributed by atoms with Gasteiger partial charge in [-0.05, 0) is 50.6 Å². The van der Waals surface area contributed by atoms with Crippen LogP contribution in [-0.4, -0.2) is 5.71 Å². The third kappa shape index (κ3) is 4.09. The van der Waals surface area contributed by atoms with Crippen LogP contribution in [0.1, 0.15) is 32.4 Å². The van der Waals surface area contributed by atoms with E-state index in [2.05, 4.69) is 23.8 Å². The summed E-state index contributed by atoms with van der Waals surface area (Å²) in [4.78, 5) is 4.42. The van der Waals surface area contributed by atoms with Crippen LogP contribution in [0, 0.1) is 0 Å². The summed E-state index contributed by atoms with van der Waals surface area (Å²) in [5.41, 5.74) is 8.51. The van der Waals surface area contributed by atoms with Gasteiger partial charge in [0.15, 0.2) is 0 Å². The van der Waals surface area contributed by atoms with E-state index in [0.29, 0.717) is 0 Å². The quantitative estimate of drug-likeness (QED) is 0.615. The fourth-order valence-corrected chi connectivity index (χ4v) is 1.51. The van der Waals surface area contributed by atoms with Crippen LogP contribution in [0.5, 0.6) is 0 Å². The fraction of sp³-hybridized carbons (Fsp3) is 0.267. The highest BCUT2D eigenvalue weighted by Crippen LogP contribution is 2.15. The Morgan fingerprint density at radius 3 is 2.50 bits per heavy atom. The van der Waals surface area contributed by atoms with Gasteiger partial charge >= 0.3 is 0 Å². The second kappa shape index (κ2) is 6.64. The summed E-state index contributed by atoms with van der Waals surface area (Å²) >= 11 is 0. The second-order valence-electron chi connectivity index (χ2n) is 4.16. The van der Waals surface area contributed by atoms with E-state index in [1.807, 2.05) is 44.2 Å². The molecule has 0 aliphatic rings. The smallest absolute Gasteiger partial charge is 0.122 e. The van der Waals surface area contributed by atoms with Gasteiger partial charge in [0.05, 0.1) is 0 Å². The molecule has 96 valence electrons. The van der Waals surface area contributed by atoms with Crippen molar-refractivity contribution >= 4 is 11.4 Å². The van der Waals surface area contributed by atoms with Crippen LogP contribution in [0.15, 0.2) is 53.8 Å².